The molecule has 0 radical (unpaired) electrons. The van der Waals surface area contributed by atoms with Gasteiger partial charge < -0.3 is 14.7 Å². The van der Waals surface area contributed by atoms with E-state index in [4.69, 9.17) is 4.74 Å². The molecule has 0 bridgehead atoms. The Bertz CT molecular complexity index is 1190. The van der Waals surface area contributed by atoms with Gasteiger partial charge in [0.1, 0.15) is 11.4 Å². The molecule has 1 aliphatic rings. The number of allylic oxidation sites excluding steroid dienone is 1. The van der Waals surface area contributed by atoms with Gasteiger partial charge in [0.05, 0.1) is 17.1 Å². The average Bonchev–Trinajstić information content (AvgIpc) is 3.17. The van der Waals surface area contributed by atoms with Gasteiger partial charge in [-0.1, -0.05) is 12.1 Å². The highest BCUT2D eigenvalue weighted by atomic mass is 19.1. The highest BCUT2D eigenvalue weighted by molar-refractivity contribution is 5.92. The van der Waals surface area contributed by atoms with Crippen molar-refractivity contribution in [2.45, 2.75) is 32.3 Å². The van der Waals surface area contributed by atoms with Crippen LogP contribution in [0.1, 0.15) is 26.7 Å². The van der Waals surface area contributed by atoms with Gasteiger partial charge in [-0.05, 0) is 88.2 Å². The molecular formula is C26H30FN3O3. The molecule has 0 spiro atoms. The number of carbonyl (C=O) groups is 1. The zero-order chi connectivity index (χ0) is 23.8. The fraction of sp³-hybridized carbons (Fsp3) is 0.385. The van der Waals surface area contributed by atoms with Crippen molar-refractivity contribution in [2.75, 3.05) is 20.6 Å². The fourth-order valence-corrected chi connectivity index (χ4v) is 4.26. The van der Waals surface area contributed by atoms with Gasteiger partial charge >= 0.3 is 0 Å². The van der Waals surface area contributed by atoms with Crippen molar-refractivity contribution in [3.05, 3.63) is 54.5 Å². The van der Waals surface area contributed by atoms with E-state index in [0.717, 1.165) is 35.9 Å². The molecule has 6 nitrogen and oxygen atoms in total. The number of hydrogen-bond donors (Lipinski definition) is 2. The van der Waals surface area contributed by atoms with Crippen molar-refractivity contribution < 1.29 is 19.0 Å². The summed E-state index contributed by atoms with van der Waals surface area (Å²) in [4.78, 5) is 14.4. The first kappa shape index (κ1) is 23.0. The van der Waals surface area contributed by atoms with Crippen LogP contribution in [0.15, 0.2) is 48.7 Å². The Morgan fingerprint density at radius 2 is 2.03 bits per heavy atom. The smallest absolute Gasteiger partial charge is 0.165 e. The molecule has 0 saturated heterocycles. The van der Waals surface area contributed by atoms with E-state index in [0.29, 0.717) is 11.3 Å². The Kier molecular flexibility index (Phi) is 6.26. The molecule has 2 aromatic carbocycles. The molecular weight excluding hydrogens is 421 g/mol. The number of aromatic nitrogens is 2. The van der Waals surface area contributed by atoms with Crippen LogP contribution in [0.4, 0.5) is 4.39 Å². The number of aromatic hydroxyl groups is 1. The van der Waals surface area contributed by atoms with Crippen molar-refractivity contribution >= 4 is 16.7 Å². The lowest BCUT2D eigenvalue weighted by Gasteiger charge is -2.44. The lowest BCUT2D eigenvalue weighted by atomic mass is 9.66. The van der Waals surface area contributed by atoms with Crippen molar-refractivity contribution in [1.29, 1.82) is 0 Å². The molecule has 1 fully saturated rings. The Balaban J connectivity index is 1.51. The quantitative estimate of drug-likeness (QED) is 0.474. The van der Waals surface area contributed by atoms with Crippen LogP contribution >= 0.6 is 0 Å². The zero-order valence-electron chi connectivity index (χ0n) is 19.4. The normalized spacial score (nSPS) is 18.7. The lowest BCUT2D eigenvalue weighted by Crippen LogP contribution is -2.46. The van der Waals surface area contributed by atoms with Crippen LogP contribution in [0.25, 0.3) is 22.0 Å². The van der Waals surface area contributed by atoms with Crippen LogP contribution in [0, 0.1) is 17.7 Å². The minimum Gasteiger partial charge on any atom is -0.505 e. The number of likely N-dealkylation sites (N-methyl/N-ethyl adjacent to an activating group) is 1. The van der Waals surface area contributed by atoms with Crippen LogP contribution in [-0.2, 0) is 4.79 Å². The number of H-pyrrole nitrogens is 1. The minimum absolute atomic E-state index is 0.0385. The number of nitrogens with one attached hydrogen (secondary N) is 1. The number of phenolic OH excluding ortho intramolecular Hbond substituents is 1. The summed E-state index contributed by atoms with van der Waals surface area (Å²) in [5, 5.41) is 17.5. The molecule has 0 atom stereocenters. The van der Waals surface area contributed by atoms with Gasteiger partial charge in [0.2, 0.25) is 0 Å². The Labute approximate surface area is 193 Å². The third-order valence-electron chi connectivity index (χ3n) is 6.45. The van der Waals surface area contributed by atoms with Gasteiger partial charge in [0.15, 0.2) is 17.3 Å². The first-order valence-electron chi connectivity index (χ1n) is 11.1. The molecule has 0 unspecified atom stereocenters. The number of halogens is 1. The van der Waals surface area contributed by atoms with Gasteiger partial charge in [0, 0.05) is 12.5 Å². The topological polar surface area (TPSA) is 78.5 Å². The third kappa shape index (κ3) is 4.93. The Morgan fingerprint density at radius 1 is 1.27 bits per heavy atom. The summed E-state index contributed by atoms with van der Waals surface area (Å²) >= 11 is 0. The van der Waals surface area contributed by atoms with E-state index in [1.54, 1.807) is 18.3 Å². The highest BCUT2D eigenvalue weighted by Gasteiger charge is 2.44. The number of hydrogen-bond acceptors (Lipinski definition) is 5. The van der Waals surface area contributed by atoms with Gasteiger partial charge in [0.25, 0.3) is 0 Å². The largest absolute Gasteiger partial charge is 0.505 e. The summed E-state index contributed by atoms with van der Waals surface area (Å²) in [6, 6.07) is 8.05. The number of nitrogens with zero attached hydrogens (tertiary/aromatic N) is 2. The maximum Gasteiger partial charge on any atom is 0.165 e. The van der Waals surface area contributed by atoms with Crippen molar-refractivity contribution in [3.8, 4) is 22.6 Å². The minimum atomic E-state index is -0.676. The number of carbonyl (C=O) groups excluding carboxylic acids is 1. The molecule has 1 aliphatic carbocycles. The van der Waals surface area contributed by atoms with E-state index in [1.165, 1.54) is 12.1 Å². The Morgan fingerprint density at radius 3 is 2.73 bits per heavy atom. The predicted octanol–water partition coefficient (Wildman–Crippen LogP) is 4.95. The number of fused-ring (bicyclic) bond motifs is 1. The second-order valence-electron chi connectivity index (χ2n) is 9.61. The van der Waals surface area contributed by atoms with E-state index in [1.807, 2.05) is 51.1 Å². The molecule has 1 heterocycles. The van der Waals surface area contributed by atoms with Gasteiger partial charge in [-0.25, -0.2) is 4.39 Å². The van der Waals surface area contributed by atoms with E-state index >= 15 is 0 Å². The number of phenols is 1. The summed E-state index contributed by atoms with van der Waals surface area (Å²) < 4.78 is 20.4. The standard InChI is InChI=1S/C26H30FN3O3/c1-26(2,19-10-18(11-19)23(31)6-5-9-30(3)4)33-25-14-17(13-22-20(25)15-28-29-22)16-7-8-24(32)21(27)12-16/h5-8,12-15,18-19,32H,9-11H2,1-4H3,(H,28,29)/b6-5+. The van der Waals surface area contributed by atoms with E-state index < -0.39 is 11.4 Å². The monoisotopic (exact) mass is 451 g/mol. The summed E-state index contributed by atoms with van der Waals surface area (Å²) in [5.41, 5.74) is 1.67. The molecule has 7 heteroatoms. The molecule has 1 saturated carbocycles. The maximum absolute atomic E-state index is 13.9. The third-order valence-corrected chi connectivity index (χ3v) is 6.45. The molecule has 33 heavy (non-hydrogen) atoms. The number of rotatable bonds is 8. The van der Waals surface area contributed by atoms with Crippen LogP contribution in [-0.4, -0.2) is 52.2 Å². The molecule has 1 aromatic heterocycles. The number of benzene rings is 2. The first-order chi connectivity index (χ1) is 15.6. The van der Waals surface area contributed by atoms with Crippen LogP contribution in [0.5, 0.6) is 11.5 Å². The van der Waals surface area contributed by atoms with Crippen molar-refractivity contribution in [1.82, 2.24) is 15.1 Å². The van der Waals surface area contributed by atoms with Crippen molar-refractivity contribution in [2.24, 2.45) is 11.8 Å². The van der Waals surface area contributed by atoms with Crippen molar-refractivity contribution in [3.63, 3.8) is 0 Å². The lowest BCUT2D eigenvalue weighted by molar-refractivity contribution is -0.125. The molecule has 174 valence electrons. The van der Waals surface area contributed by atoms with Crippen LogP contribution < -0.4 is 4.74 Å². The summed E-state index contributed by atoms with van der Waals surface area (Å²) in [6.07, 6.45) is 6.89. The summed E-state index contributed by atoms with van der Waals surface area (Å²) in [7, 11) is 3.94. The highest BCUT2D eigenvalue weighted by Crippen LogP contribution is 2.45. The predicted molar refractivity (Wildman–Crippen MR) is 127 cm³/mol. The summed E-state index contributed by atoms with van der Waals surface area (Å²) in [6.45, 7) is 4.83. The van der Waals surface area contributed by atoms with Crippen LogP contribution in [0.3, 0.4) is 0 Å². The van der Waals surface area contributed by atoms with E-state index in [9.17, 15) is 14.3 Å². The average molecular weight is 452 g/mol. The SMILES string of the molecule is CN(C)C/C=C/C(=O)C1CC(C(C)(C)Oc2cc(-c3ccc(O)c(F)c3)cc3[nH]ncc23)C1. The summed E-state index contributed by atoms with van der Waals surface area (Å²) in [5.74, 6) is 0.0456. The van der Waals surface area contributed by atoms with Crippen LogP contribution in [0.2, 0.25) is 0 Å². The molecule has 3 aromatic rings. The second kappa shape index (κ2) is 8.98. The molecule has 0 amide bonds. The second-order valence-corrected chi connectivity index (χ2v) is 9.61. The molecule has 0 aliphatic heterocycles. The van der Waals surface area contributed by atoms with Gasteiger partial charge in [-0.15, -0.1) is 0 Å². The fourth-order valence-electron chi connectivity index (χ4n) is 4.26. The maximum atomic E-state index is 13.9. The van der Waals surface area contributed by atoms with Gasteiger partial charge in [-0.3, -0.25) is 9.89 Å². The number of aromatic amines is 1. The number of ether oxygens (including phenoxy) is 1. The number of ketones is 1. The molecule has 2 N–H and O–H groups in total. The van der Waals surface area contributed by atoms with Gasteiger partial charge in [-0.2, -0.15) is 5.10 Å². The zero-order valence-corrected chi connectivity index (χ0v) is 19.4. The Hall–Kier alpha value is -3.19. The first-order valence-corrected chi connectivity index (χ1v) is 11.1. The van der Waals surface area contributed by atoms with E-state index in [2.05, 4.69) is 10.2 Å². The molecule has 4 rings (SSSR count). The van der Waals surface area contributed by atoms with E-state index in [-0.39, 0.29) is 23.4 Å².